The van der Waals surface area contributed by atoms with E-state index in [9.17, 15) is 13.2 Å². The van der Waals surface area contributed by atoms with Gasteiger partial charge in [-0.05, 0) is 36.4 Å². The minimum atomic E-state index is -3.55. The van der Waals surface area contributed by atoms with Crippen LogP contribution in [-0.2, 0) is 10.0 Å². The SMILES string of the molecule is COc1ccc(NC(=O)c2ccc(S(=O)(=O)N3CC[NH+](C)CC3)cc2)c(OC)c1. The van der Waals surface area contributed by atoms with E-state index in [1.807, 2.05) is 0 Å². The van der Waals surface area contributed by atoms with Gasteiger partial charge in [-0.1, -0.05) is 0 Å². The lowest BCUT2D eigenvalue weighted by Crippen LogP contribution is -3.12. The number of sulfonamides is 1. The highest BCUT2D eigenvalue weighted by molar-refractivity contribution is 7.89. The summed E-state index contributed by atoms with van der Waals surface area (Å²) in [4.78, 5) is 14.1. The number of rotatable bonds is 6. The van der Waals surface area contributed by atoms with Crippen LogP contribution in [0.3, 0.4) is 0 Å². The number of carbonyl (C=O) groups is 1. The van der Waals surface area contributed by atoms with Crippen LogP contribution < -0.4 is 19.7 Å². The molecule has 0 spiro atoms. The third-order valence-corrected chi connectivity index (χ3v) is 6.90. The van der Waals surface area contributed by atoms with Crippen molar-refractivity contribution in [2.75, 3.05) is 52.8 Å². The predicted octanol–water partition coefficient (Wildman–Crippen LogP) is 0.475. The van der Waals surface area contributed by atoms with Crippen LogP contribution in [0.15, 0.2) is 47.4 Å². The molecule has 0 atom stereocenters. The molecule has 1 fully saturated rings. The summed E-state index contributed by atoms with van der Waals surface area (Å²) >= 11 is 0. The molecule has 0 unspecified atom stereocenters. The number of hydrogen-bond acceptors (Lipinski definition) is 5. The monoisotopic (exact) mass is 420 g/mol. The topological polar surface area (TPSA) is 89.4 Å². The maximum atomic E-state index is 12.8. The fourth-order valence-corrected chi connectivity index (χ4v) is 4.57. The number of piperazine rings is 1. The Morgan fingerprint density at radius 2 is 1.69 bits per heavy atom. The van der Waals surface area contributed by atoms with E-state index in [-0.39, 0.29) is 10.8 Å². The molecule has 0 aliphatic carbocycles. The second-order valence-electron chi connectivity index (χ2n) is 6.91. The Balaban J connectivity index is 1.74. The van der Waals surface area contributed by atoms with Crippen LogP contribution in [0.2, 0.25) is 0 Å². The number of nitrogens with zero attached hydrogens (tertiary/aromatic N) is 1. The van der Waals surface area contributed by atoms with Crippen LogP contribution in [-0.4, -0.2) is 66.1 Å². The van der Waals surface area contributed by atoms with Crippen molar-refractivity contribution in [3.8, 4) is 11.5 Å². The van der Waals surface area contributed by atoms with E-state index in [0.29, 0.717) is 35.8 Å². The normalized spacial score (nSPS) is 15.7. The molecule has 1 heterocycles. The van der Waals surface area contributed by atoms with E-state index in [0.717, 1.165) is 13.1 Å². The summed E-state index contributed by atoms with van der Waals surface area (Å²) in [5, 5.41) is 2.77. The van der Waals surface area contributed by atoms with Gasteiger partial charge in [0.05, 0.1) is 58.0 Å². The van der Waals surface area contributed by atoms with Crippen molar-refractivity contribution in [2.45, 2.75) is 4.90 Å². The first-order valence-corrected chi connectivity index (χ1v) is 10.7. The van der Waals surface area contributed by atoms with Crippen molar-refractivity contribution in [1.82, 2.24) is 4.31 Å². The van der Waals surface area contributed by atoms with Crippen molar-refractivity contribution >= 4 is 21.6 Å². The highest BCUT2D eigenvalue weighted by Gasteiger charge is 2.29. The predicted molar refractivity (Wildman–Crippen MR) is 109 cm³/mol. The van der Waals surface area contributed by atoms with Gasteiger partial charge in [-0.25, -0.2) is 8.42 Å². The summed E-state index contributed by atoms with van der Waals surface area (Å²) in [6, 6.07) is 11.0. The molecule has 8 nitrogen and oxygen atoms in total. The Morgan fingerprint density at radius 3 is 2.28 bits per heavy atom. The molecule has 1 saturated heterocycles. The van der Waals surface area contributed by atoms with Crippen LogP contribution in [0.5, 0.6) is 11.5 Å². The average molecular weight is 421 g/mol. The van der Waals surface area contributed by atoms with Crippen LogP contribution in [0.1, 0.15) is 10.4 Å². The zero-order valence-electron chi connectivity index (χ0n) is 16.8. The zero-order chi connectivity index (χ0) is 21.0. The third-order valence-electron chi connectivity index (χ3n) is 4.99. The first-order chi connectivity index (χ1) is 13.8. The summed E-state index contributed by atoms with van der Waals surface area (Å²) in [6.45, 7) is 2.55. The van der Waals surface area contributed by atoms with Crippen LogP contribution in [0, 0.1) is 0 Å². The number of anilines is 1. The van der Waals surface area contributed by atoms with Gasteiger partial charge < -0.3 is 19.7 Å². The van der Waals surface area contributed by atoms with Gasteiger partial charge in [-0.3, -0.25) is 4.79 Å². The fourth-order valence-electron chi connectivity index (χ4n) is 3.13. The average Bonchev–Trinajstić information content (AvgIpc) is 2.74. The van der Waals surface area contributed by atoms with Crippen molar-refractivity contribution < 1.29 is 27.6 Å². The third kappa shape index (κ3) is 4.69. The number of benzene rings is 2. The molecule has 0 radical (unpaired) electrons. The summed E-state index contributed by atoms with van der Waals surface area (Å²) in [7, 11) is 1.55. The lowest BCUT2D eigenvalue weighted by Gasteiger charge is -2.29. The molecule has 29 heavy (non-hydrogen) atoms. The molecule has 156 valence electrons. The summed E-state index contributed by atoms with van der Waals surface area (Å²) < 4.78 is 37.5. The second-order valence-corrected chi connectivity index (χ2v) is 8.84. The molecular weight excluding hydrogens is 394 g/mol. The van der Waals surface area contributed by atoms with Crippen molar-refractivity contribution in [3.05, 3.63) is 48.0 Å². The Morgan fingerprint density at radius 1 is 1.03 bits per heavy atom. The molecule has 1 aliphatic rings. The molecule has 2 aromatic carbocycles. The Hall–Kier alpha value is -2.62. The zero-order valence-corrected chi connectivity index (χ0v) is 17.6. The molecule has 2 N–H and O–H groups in total. The highest BCUT2D eigenvalue weighted by atomic mass is 32.2. The van der Waals surface area contributed by atoms with Crippen LogP contribution in [0.25, 0.3) is 0 Å². The Labute approximate surface area is 171 Å². The first-order valence-electron chi connectivity index (χ1n) is 9.30. The molecule has 1 aliphatic heterocycles. The molecule has 1 amide bonds. The van der Waals surface area contributed by atoms with Crippen molar-refractivity contribution in [3.63, 3.8) is 0 Å². The van der Waals surface area contributed by atoms with E-state index in [4.69, 9.17) is 9.47 Å². The maximum absolute atomic E-state index is 12.8. The number of ether oxygens (including phenoxy) is 2. The standard InChI is InChI=1S/C20H25N3O5S/c1-22-10-12-23(13-11-22)29(25,26)17-7-4-15(5-8-17)20(24)21-18-9-6-16(27-2)14-19(18)28-3/h4-9,14H,10-13H2,1-3H3,(H,21,24)/p+1. The van der Waals surface area contributed by atoms with Gasteiger partial charge in [-0.15, -0.1) is 0 Å². The number of hydrogen-bond donors (Lipinski definition) is 2. The molecule has 0 bridgehead atoms. The van der Waals surface area contributed by atoms with E-state index < -0.39 is 10.0 Å². The van der Waals surface area contributed by atoms with E-state index in [2.05, 4.69) is 12.4 Å². The largest absolute Gasteiger partial charge is 0.497 e. The smallest absolute Gasteiger partial charge is 0.255 e. The van der Waals surface area contributed by atoms with Gasteiger partial charge >= 0.3 is 0 Å². The lowest BCUT2D eigenvalue weighted by molar-refractivity contribution is -0.883. The summed E-state index contributed by atoms with van der Waals surface area (Å²) in [5.41, 5.74) is 0.847. The minimum absolute atomic E-state index is 0.190. The second kappa shape index (κ2) is 8.81. The molecule has 0 aromatic heterocycles. The van der Waals surface area contributed by atoms with E-state index in [1.54, 1.807) is 25.3 Å². The van der Waals surface area contributed by atoms with Gasteiger partial charge in [0.1, 0.15) is 11.5 Å². The number of quaternary nitrogens is 1. The highest BCUT2D eigenvalue weighted by Crippen LogP contribution is 2.29. The maximum Gasteiger partial charge on any atom is 0.255 e. The first kappa shape index (κ1) is 21.1. The van der Waals surface area contributed by atoms with Crippen LogP contribution >= 0.6 is 0 Å². The van der Waals surface area contributed by atoms with Gasteiger partial charge in [0.15, 0.2) is 0 Å². The van der Waals surface area contributed by atoms with Gasteiger partial charge in [0.25, 0.3) is 5.91 Å². The molecule has 3 rings (SSSR count). The quantitative estimate of drug-likeness (QED) is 0.710. The molecule has 9 heteroatoms. The molecule has 2 aromatic rings. The number of carbonyl (C=O) groups excluding carboxylic acids is 1. The summed E-state index contributed by atoms with van der Waals surface area (Å²) in [6.07, 6.45) is 0. The van der Waals surface area contributed by atoms with Gasteiger partial charge in [0, 0.05) is 11.6 Å². The number of nitrogens with one attached hydrogen (secondary N) is 2. The molecule has 0 saturated carbocycles. The minimum Gasteiger partial charge on any atom is -0.497 e. The van der Waals surface area contributed by atoms with Gasteiger partial charge in [0.2, 0.25) is 10.0 Å². The molecular formula is C20H26N3O5S+. The van der Waals surface area contributed by atoms with E-state index in [1.165, 1.54) is 40.6 Å². The number of amides is 1. The Kier molecular flexibility index (Phi) is 6.41. The fraction of sp³-hybridized carbons (Fsp3) is 0.350. The Bertz CT molecular complexity index is 968. The van der Waals surface area contributed by atoms with Crippen molar-refractivity contribution in [1.29, 1.82) is 0 Å². The lowest BCUT2D eigenvalue weighted by atomic mass is 10.2. The van der Waals surface area contributed by atoms with Crippen molar-refractivity contribution in [2.24, 2.45) is 0 Å². The summed E-state index contributed by atoms with van der Waals surface area (Å²) in [5.74, 6) is 0.717. The number of likely N-dealkylation sites (N-methyl/N-ethyl adjacent to an activating group) is 1. The number of methoxy groups -OCH3 is 2. The van der Waals surface area contributed by atoms with Gasteiger partial charge in [-0.2, -0.15) is 4.31 Å². The van der Waals surface area contributed by atoms with E-state index >= 15 is 0 Å². The van der Waals surface area contributed by atoms with Crippen LogP contribution in [0.4, 0.5) is 5.69 Å².